The van der Waals surface area contributed by atoms with Crippen molar-refractivity contribution in [3.05, 3.63) is 65.2 Å². The van der Waals surface area contributed by atoms with Crippen molar-refractivity contribution in [2.45, 2.75) is 13.2 Å². The summed E-state index contributed by atoms with van der Waals surface area (Å²) in [6, 6.07) is 11.4. The Bertz CT molecular complexity index is 558. The highest BCUT2D eigenvalue weighted by molar-refractivity contribution is 5.33. The maximum atomic E-state index is 13.1. The molecule has 0 atom stereocenters. The fourth-order valence-electron chi connectivity index (χ4n) is 1.77. The Kier molecular flexibility index (Phi) is 4.47. The maximum Gasteiger partial charge on any atom is 0.159 e. The zero-order chi connectivity index (χ0) is 13.7. The highest BCUT2D eigenvalue weighted by atomic mass is 19.2. The minimum atomic E-state index is -0.857. The molecule has 0 aliphatic rings. The molecule has 0 saturated carbocycles. The molecule has 0 heterocycles. The SMILES string of the molecule is CNCc1ccccc1OCc1ccc(F)c(F)c1. The van der Waals surface area contributed by atoms with Gasteiger partial charge in [0.05, 0.1) is 0 Å². The van der Waals surface area contributed by atoms with Crippen molar-refractivity contribution in [2.75, 3.05) is 7.05 Å². The van der Waals surface area contributed by atoms with Crippen LogP contribution in [0.1, 0.15) is 11.1 Å². The van der Waals surface area contributed by atoms with Crippen LogP contribution in [0, 0.1) is 11.6 Å². The zero-order valence-corrected chi connectivity index (χ0v) is 10.6. The van der Waals surface area contributed by atoms with Gasteiger partial charge in [0.15, 0.2) is 11.6 Å². The largest absolute Gasteiger partial charge is 0.489 e. The van der Waals surface area contributed by atoms with Gasteiger partial charge in [-0.25, -0.2) is 8.78 Å². The summed E-state index contributed by atoms with van der Waals surface area (Å²) in [5.74, 6) is -0.967. The van der Waals surface area contributed by atoms with Gasteiger partial charge in [-0.05, 0) is 30.8 Å². The van der Waals surface area contributed by atoms with Crippen LogP contribution in [-0.4, -0.2) is 7.05 Å². The molecule has 2 aromatic rings. The minimum absolute atomic E-state index is 0.206. The lowest BCUT2D eigenvalue weighted by molar-refractivity contribution is 0.301. The Morgan fingerprint density at radius 3 is 2.58 bits per heavy atom. The Balaban J connectivity index is 2.07. The molecule has 0 amide bonds. The van der Waals surface area contributed by atoms with E-state index in [-0.39, 0.29) is 6.61 Å². The summed E-state index contributed by atoms with van der Waals surface area (Å²) in [5, 5.41) is 3.05. The first kappa shape index (κ1) is 13.5. The molecule has 2 aromatic carbocycles. The average molecular weight is 263 g/mol. The number of halogens is 2. The van der Waals surface area contributed by atoms with E-state index in [9.17, 15) is 8.78 Å². The van der Waals surface area contributed by atoms with Crippen molar-refractivity contribution in [1.82, 2.24) is 5.32 Å². The van der Waals surface area contributed by atoms with Gasteiger partial charge in [0.25, 0.3) is 0 Å². The molecule has 0 saturated heterocycles. The van der Waals surface area contributed by atoms with Gasteiger partial charge in [-0.2, -0.15) is 0 Å². The number of para-hydroxylation sites is 1. The first-order valence-corrected chi connectivity index (χ1v) is 6.00. The second kappa shape index (κ2) is 6.29. The number of benzene rings is 2. The molecule has 0 spiro atoms. The Labute approximate surface area is 111 Å². The molecule has 19 heavy (non-hydrogen) atoms. The summed E-state index contributed by atoms with van der Waals surface area (Å²) in [7, 11) is 1.85. The van der Waals surface area contributed by atoms with E-state index in [2.05, 4.69) is 5.32 Å². The van der Waals surface area contributed by atoms with Crippen molar-refractivity contribution in [2.24, 2.45) is 0 Å². The first-order chi connectivity index (χ1) is 9.20. The van der Waals surface area contributed by atoms with Gasteiger partial charge in [-0.15, -0.1) is 0 Å². The predicted octanol–water partition coefficient (Wildman–Crippen LogP) is 3.26. The standard InChI is InChI=1S/C15H15F2NO/c1-18-9-12-4-2-3-5-15(12)19-10-11-6-7-13(16)14(17)8-11/h2-8,18H,9-10H2,1H3. The Morgan fingerprint density at radius 1 is 1.05 bits per heavy atom. The lowest BCUT2D eigenvalue weighted by Gasteiger charge is -2.11. The smallest absolute Gasteiger partial charge is 0.159 e. The Morgan fingerprint density at radius 2 is 1.84 bits per heavy atom. The fraction of sp³-hybridized carbons (Fsp3) is 0.200. The maximum absolute atomic E-state index is 13.1. The molecule has 100 valence electrons. The lowest BCUT2D eigenvalue weighted by atomic mass is 10.2. The van der Waals surface area contributed by atoms with Crippen LogP contribution in [0.15, 0.2) is 42.5 Å². The van der Waals surface area contributed by atoms with E-state index in [1.54, 1.807) is 0 Å². The van der Waals surface area contributed by atoms with E-state index in [0.29, 0.717) is 12.1 Å². The van der Waals surface area contributed by atoms with E-state index >= 15 is 0 Å². The first-order valence-electron chi connectivity index (χ1n) is 6.00. The van der Waals surface area contributed by atoms with E-state index in [1.165, 1.54) is 6.07 Å². The summed E-state index contributed by atoms with van der Waals surface area (Å²) in [4.78, 5) is 0. The molecular formula is C15H15F2NO. The van der Waals surface area contributed by atoms with Crippen molar-refractivity contribution in [3.8, 4) is 5.75 Å². The summed E-state index contributed by atoms with van der Waals surface area (Å²) < 4.78 is 31.5. The zero-order valence-electron chi connectivity index (χ0n) is 10.6. The van der Waals surface area contributed by atoms with Crippen molar-refractivity contribution in [3.63, 3.8) is 0 Å². The monoisotopic (exact) mass is 263 g/mol. The molecule has 0 unspecified atom stereocenters. The van der Waals surface area contributed by atoms with Crippen LogP contribution in [0.2, 0.25) is 0 Å². The topological polar surface area (TPSA) is 21.3 Å². The van der Waals surface area contributed by atoms with Crippen LogP contribution < -0.4 is 10.1 Å². The van der Waals surface area contributed by atoms with Gasteiger partial charge in [0, 0.05) is 12.1 Å². The Hall–Kier alpha value is -1.94. The second-order valence-electron chi connectivity index (χ2n) is 4.18. The number of hydrogen-bond acceptors (Lipinski definition) is 2. The minimum Gasteiger partial charge on any atom is -0.489 e. The van der Waals surface area contributed by atoms with Gasteiger partial charge in [-0.3, -0.25) is 0 Å². The normalized spacial score (nSPS) is 10.5. The van der Waals surface area contributed by atoms with Gasteiger partial charge in [-0.1, -0.05) is 24.3 Å². The molecule has 0 aliphatic carbocycles. The van der Waals surface area contributed by atoms with Crippen LogP contribution >= 0.6 is 0 Å². The van der Waals surface area contributed by atoms with E-state index in [1.807, 2.05) is 31.3 Å². The second-order valence-corrected chi connectivity index (χ2v) is 4.18. The van der Waals surface area contributed by atoms with Crippen molar-refractivity contribution >= 4 is 0 Å². The number of nitrogens with one attached hydrogen (secondary N) is 1. The quantitative estimate of drug-likeness (QED) is 0.894. The molecular weight excluding hydrogens is 248 g/mol. The third kappa shape index (κ3) is 3.51. The molecule has 4 heteroatoms. The van der Waals surface area contributed by atoms with Crippen LogP contribution in [0.3, 0.4) is 0 Å². The molecule has 1 N–H and O–H groups in total. The van der Waals surface area contributed by atoms with Gasteiger partial charge in [0.2, 0.25) is 0 Å². The van der Waals surface area contributed by atoms with E-state index < -0.39 is 11.6 Å². The molecule has 0 aromatic heterocycles. The van der Waals surface area contributed by atoms with Crippen LogP contribution in [-0.2, 0) is 13.2 Å². The van der Waals surface area contributed by atoms with Crippen molar-refractivity contribution < 1.29 is 13.5 Å². The third-order valence-electron chi connectivity index (χ3n) is 2.72. The molecule has 0 fully saturated rings. The molecule has 0 radical (unpaired) electrons. The fourth-order valence-corrected chi connectivity index (χ4v) is 1.77. The summed E-state index contributed by atoms with van der Waals surface area (Å²) in [6.45, 7) is 0.895. The van der Waals surface area contributed by atoms with Gasteiger partial charge >= 0.3 is 0 Å². The molecule has 2 rings (SSSR count). The van der Waals surface area contributed by atoms with E-state index in [0.717, 1.165) is 23.4 Å². The summed E-state index contributed by atoms with van der Waals surface area (Å²) >= 11 is 0. The van der Waals surface area contributed by atoms with Crippen LogP contribution in [0.25, 0.3) is 0 Å². The van der Waals surface area contributed by atoms with Crippen molar-refractivity contribution in [1.29, 1.82) is 0 Å². The molecule has 0 bridgehead atoms. The lowest BCUT2D eigenvalue weighted by Crippen LogP contribution is -2.07. The molecule has 0 aliphatic heterocycles. The predicted molar refractivity (Wildman–Crippen MR) is 69.9 cm³/mol. The van der Waals surface area contributed by atoms with Gasteiger partial charge < -0.3 is 10.1 Å². The van der Waals surface area contributed by atoms with Crippen LogP contribution in [0.5, 0.6) is 5.75 Å². The third-order valence-corrected chi connectivity index (χ3v) is 2.72. The molecule has 2 nitrogen and oxygen atoms in total. The number of ether oxygens (including phenoxy) is 1. The van der Waals surface area contributed by atoms with Gasteiger partial charge in [0.1, 0.15) is 12.4 Å². The highest BCUT2D eigenvalue weighted by Crippen LogP contribution is 2.19. The number of hydrogen-bond donors (Lipinski definition) is 1. The summed E-state index contributed by atoms with van der Waals surface area (Å²) in [6.07, 6.45) is 0. The van der Waals surface area contributed by atoms with E-state index in [4.69, 9.17) is 4.74 Å². The highest BCUT2D eigenvalue weighted by Gasteiger charge is 2.05. The average Bonchev–Trinajstić information content (AvgIpc) is 2.42. The number of rotatable bonds is 5. The van der Waals surface area contributed by atoms with Crippen LogP contribution in [0.4, 0.5) is 8.78 Å². The summed E-state index contributed by atoms with van der Waals surface area (Å²) in [5.41, 5.74) is 1.62.